The topological polar surface area (TPSA) is 17.0 Å². The summed E-state index contributed by atoms with van der Waals surface area (Å²) in [5, 5.41) is 3.62. The molecule has 2 nitrogen and oxygen atoms in total. The van der Waals surface area contributed by atoms with Crippen molar-refractivity contribution >= 4 is 11.8 Å². The third-order valence-corrected chi connectivity index (χ3v) is 3.93. The molecule has 0 aromatic carbocycles. The minimum atomic E-state index is 0.736. The number of nitrogens with zero attached hydrogens (tertiary/aromatic N) is 1. The van der Waals surface area contributed by atoms with Gasteiger partial charge in [0, 0.05) is 36.8 Å². The molecule has 0 spiro atoms. The Bertz CT molecular complexity index is 277. The van der Waals surface area contributed by atoms with Crippen molar-refractivity contribution in [3.8, 4) is 0 Å². The van der Waals surface area contributed by atoms with E-state index in [4.69, 9.17) is 0 Å². The van der Waals surface area contributed by atoms with Gasteiger partial charge in [0.15, 0.2) is 0 Å². The highest BCUT2D eigenvalue weighted by Gasteiger charge is 2.14. The fraction of sp³-hybridized carbons (Fsp3) is 0.636. The zero-order valence-corrected chi connectivity index (χ0v) is 9.52. The minimum Gasteiger partial charge on any atom is -0.351 e. The van der Waals surface area contributed by atoms with E-state index in [-0.39, 0.29) is 0 Å². The average molecular weight is 210 g/mol. The number of rotatable bonds is 4. The fourth-order valence-corrected chi connectivity index (χ4v) is 3.05. The predicted molar refractivity (Wildman–Crippen MR) is 62.7 cm³/mol. The first-order valence-corrected chi connectivity index (χ1v) is 6.50. The highest BCUT2D eigenvalue weighted by Crippen LogP contribution is 2.17. The predicted octanol–water partition coefficient (Wildman–Crippen LogP) is 2.10. The summed E-state index contributed by atoms with van der Waals surface area (Å²) in [5.41, 5.74) is 1.41. The second kappa shape index (κ2) is 4.89. The van der Waals surface area contributed by atoms with Crippen LogP contribution in [0, 0.1) is 0 Å². The van der Waals surface area contributed by atoms with Crippen LogP contribution in [0.15, 0.2) is 18.3 Å². The number of aromatic nitrogens is 1. The quantitative estimate of drug-likeness (QED) is 0.819. The van der Waals surface area contributed by atoms with Crippen LogP contribution in [0.25, 0.3) is 0 Å². The lowest BCUT2D eigenvalue weighted by Gasteiger charge is -2.12. The second-order valence-corrected chi connectivity index (χ2v) is 4.88. The monoisotopic (exact) mass is 210 g/mol. The first kappa shape index (κ1) is 10.1. The van der Waals surface area contributed by atoms with Crippen LogP contribution in [0.4, 0.5) is 0 Å². The molecule has 3 heteroatoms. The van der Waals surface area contributed by atoms with E-state index >= 15 is 0 Å². The summed E-state index contributed by atoms with van der Waals surface area (Å²) in [6.45, 7) is 4.28. The molecule has 1 N–H and O–H groups in total. The van der Waals surface area contributed by atoms with Crippen molar-refractivity contribution in [2.45, 2.75) is 32.5 Å². The van der Waals surface area contributed by atoms with E-state index in [1.807, 2.05) is 0 Å². The number of thioether (sulfide) groups is 1. The molecule has 2 heterocycles. The highest BCUT2D eigenvalue weighted by atomic mass is 32.2. The van der Waals surface area contributed by atoms with Crippen LogP contribution in [0.3, 0.4) is 0 Å². The van der Waals surface area contributed by atoms with Gasteiger partial charge in [-0.15, -0.1) is 0 Å². The number of nitrogens with one attached hydrogen (secondary N) is 1. The van der Waals surface area contributed by atoms with Gasteiger partial charge in [-0.1, -0.05) is 0 Å². The Kier molecular flexibility index (Phi) is 3.54. The minimum absolute atomic E-state index is 0.736. The van der Waals surface area contributed by atoms with Gasteiger partial charge in [-0.3, -0.25) is 0 Å². The van der Waals surface area contributed by atoms with Gasteiger partial charge in [0.05, 0.1) is 0 Å². The summed E-state index contributed by atoms with van der Waals surface area (Å²) in [5.74, 6) is 2.61. The number of aryl methyl sites for hydroxylation is 1. The smallest absolute Gasteiger partial charge is 0.0362 e. The van der Waals surface area contributed by atoms with E-state index in [0.29, 0.717) is 0 Å². The van der Waals surface area contributed by atoms with Crippen molar-refractivity contribution in [3.63, 3.8) is 0 Å². The molecular formula is C11H18N2S. The molecule has 1 fully saturated rings. The summed E-state index contributed by atoms with van der Waals surface area (Å²) in [6, 6.07) is 5.07. The second-order valence-electron chi connectivity index (χ2n) is 3.73. The van der Waals surface area contributed by atoms with Gasteiger partial charge in [0.2, 0.25) is 0 Å². The zero-order valence-electron chi connectivity index (χ0n) is 8.70. The molecular weight excluding hydrogens is 192 g/mol. The van der Waals surface area contributed by atoms with Crippen molar-refractivity contribution in [1.82, 2.24) is 9.88 Å². The fourth-order valence-electron chi connectivity index (χ4n) is 1.86. The Morgan fingerprint density at radius 3 is 3.29 bits per heavy atom. The van der Waals surface area contributed by atoms with Gasteiger partial charge < -0.3 is 9.88 Å². The van der Waals surface area contributed by atoms with Crippen molar-refractivity contribution in [3.05, 3.63) is 24.0 Å². The van der Waals surface area contributed by atoms with Crippen LogP contribution >= 0.6 is 11.8 Å². The SMILES string of the molecule is CCn1cccc1CNC1CCSC1. The Balaban J connectivity index is 1.84. The van der Waals surface area contributed by atoms with Crippen molar-refractivity contribution in [2.24, 2.45) is 0 Å². The Hall–Kier alpha value is -0.410. The average Bonchev–Trinajstić information content (AvgIpc) is 2.85. The summed E-state index contributed by atoms with van der Waals surface area (Å²) >= 11 is 2.06. The van der Waals surface area contributed by atoms with Crippen LogP contribution < -0.4 is 5.32 Å². The van der Waals surface area contributed by atoms with Crippen LogP contribution in [0.5, 0.6) is 0 Å². The van der Waals surface area contributed by atoms with Crippen LogP contribution in [0.1, 0.15) is 19.0 Å². The van der Waals surface area contributed by atoms with E-state index in [1.54, 1.807) is 0 Å². The lowest BCUT2D eigenvalue weighted by Crippen LogP contribution is -2.28. The van der Waals surface area contributed by atoms with Gasteiger partial charge in [0.25, 0.3) is 0 Å². The van der Waals surface area contributed by atoms with Gasteiger partial charge in [0.1, 0.15) is 0 Å². The molecule has 14 heavy (non-hydrogen) atoms. The van der Waals surface area contributed by atoms with Gasteiger partial charge in [-0.25, -0.2) is 0 Å². The molecule has 1 aromatic heterocycles. The highest BCUT2D eigenvalue weighted by molar-refractivity contribution is 7.99. The molecule has 0 aliphatic carbocycles. The first-order chi connectivity index (χ1) is 6.90. The maximum absolute atomic E-state index is 3.62. The van der Waals surface area contributed by atoms with Crippen molar-refractivity contribution in [1.29, 1.82) is 0 Å². The van der Waals surface area contributed by atoms with Crippen LogP contribution in [-0.2, 0) is 13.1 Å². The maximum Gasteiger partial charge on any atom is 0.0362 e. The first-order valence-electron chi connectivity index (χ1n) is 5.35. The standard InChI is InChI=1S/C11H18N2S/c1-2-13-6-3-4-11(13)8-12-10-5-7-14-9-10/h3-4,6,10,12H,2,5,7-9H2,1H3. The zero-order chi connectivity index (χ0) is 9.80. The summed E-state index contributed by atoms with van der Waals surface area (Å²) in [7, 11) is 0. The van der Waals surface area contributed by atoms with E-state index in [0.717, 1.165) is 19.1 Å². The van der Waals surface area contributed by atoms with Crippen LogP contribution in [-0.4, -0.2) is 22.1 Å². The summed E-state index contributed by atoms with van der Waals surface area (Å²) < 4.78 is 2.30. The van der Waals surface area contributed by atoms with E-state index in [1.165, 1.54) is 23.6 Å². The Morgan fingerprint density at radius 1 is 1.64 bits per heavy atom. The summed E-state index contributed by atoms with van der Waals surface area (Å²) in [4.78, 5) is 0. The van der Waals surface area contributed by atoms with Gasteiger partial charge in [-0.05, 0) is 31.2 Å². The Labute approximate surface area is 90.1 Å². The molecule has 0 radical (unpaired) electrons. The maximum atomic E-state index is 3.62. The molecule has 78 valence electrons. The molecule has 1 saturated heterocycles. The van der Waals surface area contributed by atoms with Crippen LogP contribution in [0.2, 0.25) is 0 Å². The lowest BCUT2D eigenvalue weighted by atomic mass is 10.2. The van der Waals surface area contributed by atoms with Crippen molar-refractivity contribution in [2.75, 3.05) is 11.5 Å². The summed E-state index contributed by atoms with van der Waals surface area (Å²) in [6.07, 6.45) is 3.48. The molecule has 1 unspecified atom stereocenters. The molecule has 0 amide bonds. The van der Waals surface area contributed by atoms with E-state index in [9.17, 15) is 0 Å². The lowest BCUT2D eigenvalue weighted by molar-refractivity contribution is 0.537. The normalized spacial score (nSPS) is 21.6. The molecule has 1 atom stereocenters. The molecule has 0 saturated carbocycles. The Morgan fingerprint density at radius 2 is 2.57 bits per heavy atom. The molecule has 0 bridgehead atoms. The number of hydrogen-bond acceptors (Lipinski definition) is 2. The third kappa shape index (κ3) is 2.34. The molecule has 2 rings (SSSR count). The van der Waals surface area contributed by atoms with E-state index < -0.39 is 0 Å². The van der Waals surface area contributed by atoms with Gasteiger partial charge >= 0.3 is 0 Å². The largest absolute Gasteiger partial charge is 0.351 e. The third-order valence-electron chi connectivity index (χ3n) is 2.77. The molecule has 1 aliphatic rings. The van der Waals surface area contributed by atoms with E-state index in [2.05, 4.69) is 46.9 Å². The van der Waals surface area contributed by atoms with Gasteiger partial charge in [-0.2, -0.15) is 11.8 Å². The number of hydrogen-bond donors (Lipinski definition) is 1. The molecule has 1 aliphatic heterocycles. The van der Waals surface area contributed by atoms with Crippen molar-refractivity contribution < 1.29 is 0 Å². The molecule has 1 aromatic rings.